The third kappa shape index (κ3) is 51.0. The van der Waals surface area contributed by atoms with Crippen molar-refractivity contribution in [3.8, 4) is 0 Å². The van der Waals surface area contributed by atoms with E-state index in [-0.39, 0.29) is 76.8 Å². The van der Waals surface area contributed by atoms with E-state index in [2.05, 4.69) is 16.2 Å². The quantitative estimate of drug-likeness (QED) is 0.00989. The minimum atomic E-state index is -4.45. The number of phosphoric ester groups is 1. The van der Waals surface area contributed by atoms with E-state index < -0.39 is 140 Å². The van der Waals surface area contributed by atoms with E-state index in [4.69, 9.17) is 58.3 Å². The van der Waals surface area contributed by atoms with Gasteiger partial charge in [0.25, 0.3) is 0 Å². The number of rotatable bonds is 46. The number of carboxylic acids is 4. The summed E-state index contributed by atoms with van der Waals surface area (Å²) in [5.41, 5.74) is -1.96. The predicted octanol–water partition coefficient (Wildman–Crippen LogP) is 8.34. The van der Waals surface area contributed by atoms with Crippen molar-refractivity contribution in [3.63, 3.8) is 0 Å². The van der Waals surface area contributed by atoms with Crippen molar-refractivity contribution in [1.82, 2.24) is 0 Å². The molecule has 30 heteroatoms. The number of aliphatic hydroxyl groups excluding tert-OH is 1. The van der Waals surface area contributed by atoms with Crippen LogP contribution in [0.15, 0.2) is 0 Å². The first-order chi connectivity index (χ1) is 42.2. The van der Waals surface area contributed by atoms with E-state index in [0.29, 0.717) is 44.9 Å². The van der Waals surface area contributed by atoms with Gasteiger partial charge in [-0.15, -0.1) is 0 Å². The number of carbonyl (C=O) groups excluding carboxylic acids is 8. The molecule has 0 fully saturated rings. The lowest BCUT2D eigenvalue weighted by Gasteiger charge is -2.23. The lowest BCUT2D eigenvalue weighted by molar-refractivity contribution is -0.171. The maximum Gasteiger partial charge on any atom is 0.469 e. The van der Waals surface area contributed by atoms with Gasteiger partial charge < -0.3 is 73.2 Å². The Labute approximate surface area is 535 Å². The Hall–Kier alpha value is -6.29. The Morgan fingerprint density at radius 1 is 0.451 bits per heavy atom. The Morgan fingerprint density at radius 3 is 1.34 bits per heavy atom. The summed E-state index contributed by atoms with van der Waals surface area (Å²) in [6, 6.07) is 0. The van der Waals surface area contributed by atoms with Crippen LogP contribution < -0.4 is 0 Å². The first-order valence-corrected chi connectivity index (χ1v) is 32.4. The van der Waals surface area contributed by atoms with Crippen LogP contribution in [0.25, 0.3) is 0 Å². The van der Waals surface area contributed by atoms with E-state index >= 15 is 0 Å². The summed E-state index contributed by atoms with van der Waals surface area (Å²) in [6.45, 7) is 21.5. The summed E-state index contributed by atoms with van der Waals surface area (Å²) in [4.78, 5) is 153. The molecule has 0 aromatic carbocycles. The van der Waals surface area contributed by atoms with Crippen molar-refractivity contribution in [2.24, 2.45) is 34.0 Å². The van der Waals surface area contributed by atoms with Crippen LogP contribution in [0, 0.1) is 34.0 Å². The number of carboxylic acid groups (broad SMARTS) is 4. The molecule has 0 aliphatic carbocycles. The molecule has 7 N–H and O–H groups in total. The molecule has 0 aliphatic heterocycles. The van der Waals surface area contributed by atoms with E-state index in [0.717, 1.165) is 19.3 Å². The van der Waals surface area contributed by atoms with Gasteiger partial charge in [-0.3, -0.25) is 62.1 Å². The number of phosphoric acid groups is 1. The molecule has 91 heavy (non-hydrogen) atoms. The van der Waals surface area contributed by atoms with Gasteiger partial charge >= 0.3 is 79.5 Å². The summed E-state index contributed by atoms with van der Waals surface area (Å²) in [5, 5.41) is 45.1. The number of aliphatic hydroxyl groups is 1. The maximum absolute atomic E-state index is 12.0. The molecule has 0 heterocycles. The summed E-state index contributed by atoms with van der Waals surface area (Å²) >= 11 is 0. The third-order valence-corrected chi connectivity index (χ3v) is 14.4. The molecular weight excluding hydrogens is 1230 g/mol. The molecule has 0 radical (unpaired) electrons. The second-order valence-electron chi connectivity index (χ2n) is 23.1. The van der Waals surface area contributed by atoms with Crippen molar-refractivity contribution in [3.05, 3.63) is 0 Å². The van der Waals surface area contributed by atoms with Crippen LogP contribution in [-0.4, -0.2) is 172 Å². The van der Waals surface area contributed by atoms with Gasteiger partial charge in [0.1, 0.15) is 52.4 Å². The number of ether oxygens (including phenoxy) is 8. The van der Waals surface area contributed by atoms with Crippen molar-refractivity contribution in [1.29, 1.82) is 0 Å². The first kappa shape index (κ1) is 91.1. The predicted molar refractivity (Wildman–Crippen MR) is 325 cm³/mol. The van der Waals surface area contributed by atoms with Gasteiger partial charge in [0, 0.05) is 0 Å². The smallest absolute Gasteiger partial charge is 0.469 e. The maximum atomic E-state index is 12.0. The standard InChI is InChI=1S/C22H40O7.C17H26O10.C15H26O6.C7H15O6P/c1-5-7-8-9-10-11-12-13-14-18(19(24)25)20(26)28-15-17(23)16-29-21(27)22(3,4)6-2;1-4-17(2,3)16(24)26-10-11(27-15(23)8-6-13(20)21)9-25-14(22)7-5-12(18)19;1-5-7-11(13(17)18)10-12(16)20-8-9-21-14(19)15(3,4)6-2;1-3-6(2)7(8)12-4-5-13-14(9,10)11/h17-18,23H,5-16H2,1-4H3,(H,24,25);11H,4-10H2,1-3H3,(H,18,19)(H,20,21);11H,5-10H2,1-4H3,(H,17,18);6H,3-5H2,1-2H3,(H2,9,10,11). The average molecular weight is 1340 g/mol. The zero-order valence-corrected chi connectivity index (χ0v) is 56.6. The molecule has 0 saturated carbocycles. The topological polar surface area (TPSA) is 447 Å². The molecule has 0 aliphatic rings. The highest BCUT2D eigenvalue weighted by atomic mass is 31.2. The van der Waals surface area contributed by atoms with Crippen molar-refractivity contribution >= 4 is 79.5 Å². The molecular formula is C61H107O29P. The fourth-order valence-corrected chi connectivity index (χ4v) is 6.68. The minimum absolute atomic E-state index is 0.0144. The van der Waals surface area contributed by atoms with Gasteiger partial charge in [0.05, 0.1) is 66.8 Å². The van der Waals surface area contributed by atoms with Crippen molar-refractivity contribution < 1.29 is 140 Å². The number of hydrogen-bond donors (Lipinski definition) is 7. The molecule has 29 nitrogen and oxygen atoms in total. The zero-order valence-electron chi connectivity index (χ0n) is 55.7. The van der Waals surface area contributed by atoms with E-state index in [9.17, 15) is 72.3 Å². The molecule has 0 saturated heterocycles. The van der Waals surface area contributed by atoms with Crippen LogP contribution in [0.1, 0.15) is 218 Å². The largest absolute Gasteiger partial charge is 0.481 e. The van der Waals surface area contributed by atoms with Crippen molar-refractivity contribution in [2.75, 3.05) is 52.9 Å². The highest BCUT2D eigenvalue weighted by Gasteiger charge is 2.32. The minimum Gasteiger partial charge on any atom is -0.481 e. The van der Waals surface area contributed by atoms with Gasteiger partial charge in [-0.05, 0) is 80.1 Å². The van der Waals surface area contributed by atoms with Crippen LogP contribution >= 0.6 is 7.82 Å². The van der Waals surface area contributed by atoms with Gasteiger partial charge in [-0.2, -0.15) is 0 Å². The Bertz CT molecular complexity index is 2220. The summed E-state index contributed by atoms with van der Waals surface area (Å²) in [5.74, 6) is -11.5. The summed E-state index contributed by atoms with van der Waals surface area (Å²) in [6.07, 6.45) is 8.25. The second kappa shape index (κ2) is 51.2. The van der Waals surface area contributed by atoms with Gasteiger partial charge in [0.2, 0.25) is 0 Å². The molecule has 0 bridgehead atoms. The van der Waals surface area contributed by atoms with E-state index in [1.807, 2.05) is 27.7 Å². The summed E-state index contributed by atoms with van der Waals surface area (Å²) in [7, 11) is -4.45. The fraction of sp³-hybridized carbons (Fsp3) is 0.803. The Balaban J connectivity index is -0.000000571. The molecule has 0 aromatic heterocycles. The van der Waals surface area contributed by atoms with Gasteiger partial charge in [0.15, 0.2) is 12.0 Å². The molecule has 0 amide bonds. The van der Waals surface area contributed by atoms with E-state index in [1.165, 1.54) is 25.7 Å². The van der Waals surface area contributed by atoms with E-state index in [1.54, 1.807) is 55.4 Å². The highest BCUT2D eigenvalue weighted by Crippen LogP contribution is 2.35. The lowest BCUT2D eigenvalue weighted by Crippen LogP contribution is -2.34. The number of carbonyl (C=O) groups is 12. The van der Waals surface area contributed by atoms with Gasteiger partial charge in [-0.25, -0.2) is 4.57 Å². The number of aliphatic carboxylic acids is 4. The molecule has 0 spiro atoms. The van der Waals surface area contributed by atoms with Crippen LogP contribution in [0.2, 0.25) is 0 Å². The molecule has 530 valence electrons. The van der Waals surface area contributed by atoms with Crippen LogP contribution in [0.4, 0.5) is 0 Å². The van der Waals surface area contributed by atoms with Crippen molar-refractivity contribution in [2.45, 2.75) is 231 Å². The Kier molecular flexibility index (Phi) is 51.3. The normalized spacial score (nSPS) is 12.9. The number of hydrogen-bond acceptors (Lipinski definition) is 23. The fourth-order valence-electron chi connectivity index (χ4n) is 6.37. The third-order valence-electron chi connectivity index (χ3n) is 13.9. The highest BCUT2D eigenvalue weighted by molar-refractivity contribution is 7.46. The molecule has 0 aromatic rings. The van der Waals surface area contributed by atoms with Gasteiger partial charge in [-0.1, -0.05) is 106 Å². The second-order valence-corrected chi connectivity index (χ2v) is 24.4. The SMILES string of the molecule is CCC(C)(C)C(=O)OCC(COC(=O)CCC(=O)O)OC(=O)CCC(=O)O.CCC(C)C(=O)OCCOP(=O)(O)O.CCCC(CC(=O)OCCOC(=O)C(C)(C)CC)C(=O)O.CCCCCCCCCCC(C(=O)O)C(=O)OCC(O)COC(=O)C(C)(C)CC. The Morgan fingerprint density at radius 2 is 0.890 bits per heavy atom. The average Bonchev–Trinajstić information content (AvgIpc) is 1.82. The number of esters is 8. The van der Waals surface area contributed by atoms with Crippen LogP contribution in [0.3, 0.4) is 0 Å². The molecule has 5 unspecified atom stereocenters. The molecule has 5 atom stereocenters. The first-order valence-electron chi connectivity index (χ1n) is 30.9. The molecule has 0 rings (SSSR count). The lowest BCUT2D eigenvalue weighted by atomic mass is 9.91. The summed E-state index contributed by atoms with van der Waals surface area (Å²) < 4.78 is 53.8. The van der Waals surface area contributed by atoms with Crippen LogP contribution in [0.5, 0.6) is 0 Å². The monoisotopic (exact) mass is 1330 g/mol. The zero-order chi connectivity index (χ0) is 71.0. The van der Waals surface area contributed by atoms with Crippen LogP contribution in [-0.2, 0) is 105 Å². The number of unbranched alkanes of at least 4 members (excludes halogenated alkanes) is 7.